The molecule has 2 aliphatic heterocycles. The van der Waals surface area contributed by atoms with Gasteiger partial charge in [-0.25, -0.2) is 4.98 Å². The molecule has 1 unspecified atom stereocenters. The largest absolute Gasteiger partial charge is 0.376 e. The summed E-state index contributed by atoms with van der Waals surface area (Å²) in [6.07, 6.45) is 3.46. The van der Waals surface area contributed by atoms with Crippen molar-refractivity contribution in [1.82, 2.24) is 24.6 Å². The molecule has 1 saturated heterocycles. The van der Waals surface area contributed by atoms with E-state index in [4.69, 9.17) is 14.8 Å². The van der Waals surface area contributed by atoms with Gasteiger partial charge in [0.1, 0.15) is 5.69 Å². The minimum atomic E-state index is 0.0189. The normalized spacial score (nSPS) is 22.9. The lowest BCUT2D eigenvalue weighted by Gasteiger charge is -2.37. The average Bonchev–Trinajstić information content (AvgIpc) is 3.20. The molecule has 0 saturated carbocycles. The molecule has 1 atom stereocenters. The van der Waals surface area contributed by atoms with Gasteiger partial charge in [-0.1, -0.05) is 12.1 Å². The molecule has 5 rings (SSSR count). The molecule has 6 nitrogen and oxygen atoms in total. The first-order valence-corrected chi connectivity index (χ1v) is 10.4. The van der Waals surface area contributed by atoms with E-state index >= 15 is 0 Å². The van der Waals surface area contributed by atoms with E-state index in [1.807, 2.05) is 18.2 Å². The molecular formula is C22H29N5O. The fourth-order valence-electron chi connectivity index (χ4n) is 4.75. The molecule has 0 bridgehead atoms. The maximum absolute atomic E-state index is 5.90. The second-order valence-electron chi connectivity index (χ2n) is 8.90. The smallest absolute Gasteiger partial charge is 0.159 e. The summed E-state index contributed by atoms with van der Waals surface area (Å²) in [6.45, 7) is 9.56. The van der Waals surface area contributed by atoms with Gasteiger partial charge in [0.25, 0.3) is 0 Å². The van der Waals surface area contributed by atoms with Crippen LogP contribution in [0.4, 0.5) is 0 Å². The highest BCUT2D eigenvalue weighted by Gasteiger charge is 2.30. The predicted octanol–water partition coefficient (Wildman–Crippen LogP) is 3.84. The number of aryl methyl sites for hydroxylation is 1. The predicted molar refractivity (Wildman–Crippen MR) is 110 cm³/mol. The van der Waals surface area contributed by atoms with Crippen molar-refractivity contribution in [3.8, 4) is 11.5 Å². The number of nitrogens with zero attached hydrogens (tertiary/aromatic N) is 4. The summed E-state index contributed by atoms with van der Waals surface area (Å²) in [5.74, 6) is 1.58. The molecule has 148 valence electrons. The van der Waals surface area contributed by atoms with Crippen LogP contribution in [0.5, 0.6) is 0 Å². The van der Waals surface area contributed by atoms with Gasteiger partial charge in [0, 0.05) is 32.8 Å². The van der Waals surface area contributed by atoms with E-state index in [-0.39, 0.29) is 5.60 Å². The molecular weight excluding hydrogens is 350 g/mol. The van der Waals surface area contributed by atoms with Gasteiger partial charge in [0.15, 0.2) is 5.82 Å². The van der Waals surface area contributed by atoms with Crippen molar-refractivity contribution < 1.29 is 4.74 Å². The number of fused-ring (bicyclic) bond motifs is 2. The van der Waals surface area contributed by atoms with Crippen LogP contribution in [-0.4, -0.2) is 49.9 Å². The van der Waals surface area contributed by atoms with E-state index in [0.717, 1.165) is 68.2 Å². The zero-order valence-electron chi connectivity index (χ0n) is 16.8. The molecule has 0 radical (unpaired) electrons. The summed E-state index contributed by atoms with van der Waals surface area (Å²) in [4.78, 5) is 10.7. The van der Waals surface area contributed by atoms with Gasteiger partial charge in [-0.15, -0.1) is 0 Å². The van der Waals surface area contributed by atoms with E-state index in [9.17, 15) is 0 Å². The minimum Gasteiger partial charge on any atom is -0.376 e. The molecule has 3 aromatic rings. The Morgan fingerprint density at radius 2 is 2.14 bits per heavy atom. The maximum Gasteiger partial charge on any atom is 0.159 e. The molecule has 4 heterocycles. The van der Waals surface area contributed by atoms with Gasteiger partial charge in [0.2, 0.25) is 0 Å². The zero-order valence-corrected chi connectivity index (χ0v) is 16.8. The molecule has 2 aliphatic rings. The lowest BCUT2D eigenvalue weighted by Crippen LogP contribution is -2.39. The fraction of sp³-hybridized carbons (Fsp3) is 0.545. The van der Waals surface area contributed by atoms with Crippen molar-refractivity contribution in [2.45, 2.75) is 51.8 Å². The van der Waals surface area contributed by atoms with E-state index in [0.29, 0.717) is 5.92 Å². The van der Waals surface area contributed by atoms with Crippen molar-refractivity contribution in [3.05, 3.63) is 36.0 Å². The molecule has 6 heteroatoms. The van der Waals surface area contributed by atoms with Crippen LogP contribution >= 0.6 is 0 Å². The van der Waals surface area contributed by atoms with Crippen molar-refractivity contribution in [2.75, 3.05) is 19.7 Å². The zero-order chi connectivity index (χ0) is 19.1. The standard InChI is InChI=1S/C22H29N5O/c1-22(2)13-16(8-11-28-22)14-26-9-5-10-27-17(15-26)12-20(25-27)21-23-18-6-3-4-7-19(18)24-21/h3-4,6-7,12,16H,5,8-11,13-15H2,1-2H3,(H,23,24). The number of nitrogens with one attached hydrogen (secondary N) is 1. The van der Waals surface area contributed by atoms with E-state index in [1.165, 1.54) is 12.1 Å². The topological polar surface area (TPSA) is 59.0 Å². The summed E-state index contributed by atoms with van der Waals surface area (Å²) >= 11 is 0. The highest BCUT2D eigenvalue weighted by atomic mass is 16.5. The van der Waals surface area contributed by atoms with E-state index < -0.39 is 0 Å². The number of aromatic nitrogens is 4. The molecule has 2 aromatic heterocycles. The number of para-hydroxylation sites is 2. The number of H-pyrrole nitrogens is 1. The molecule has 1 fully saturated rings. The number of benzene rings is 1. The van der Waals surface area contributed by atoms with Crippen molar-refractivity contribution in [1.29, 1.82) is 0 Å². The Balaban J connectivity index is 1.34. The molecule has 0 spiro atoms. The maximum atomic E-state index is 5.90. The molecule has 28 heavy (non-hydrogen) atoms. The Morgan fingerprint density at radius 3 is 3.00 bits per heavy atom. The third kappa shape index (κ3) is 3.59. The highest BCUT2D eigenvalue weighted by Crippen LogP contribution is 2.30. The third-order valence-corrected chi connectivity index (χ3v) is 6.04. The first kappa shape index (κ1) is 17.9. The Hall–Kier alpha value is -2.18. The summed E-state index contributed by atoms with van der Waals surface area (Å²) in [6, 6.07) is 10.4. The van der Waals surface area contributed by atoms with Gasteiger partial charge >= 0.3 is 0 Å². The lowest BCUT2D eigenvalue weighted by atomic mass is 9.88. The fourth-order valence-corrected chi connectivity index (χ4v) is 4.75. The molecule has 1 aromatic carbocycles. The summed E-state index contributed by atoms with van der Waals surface area (Å²) in [5, 5.41) is 4.86. The van der Waals surface area contributed by atoms with Crippen molar-refractivity contribution >= 4 is 11.0 Å². The third-order valence-electron chi connectivity index (χ3n) is 6.04. The number of hydrogen-bond donors (Lipinski definition) is 1. The lowest BCUT2D eigenvalue weighted by molar-refractivity contribution is -0.0770. The second-order valence-corrected chi connectivity index (χ2v) is 8.90. The first-order valence-electron chi connectivity index (χ1n) is 10.4. The van der Waals surface area contributed by atoms with Gasteiger partial charge in [-0.2, -0.15) is 5.10 Å². The molecule has 0 amide bonds. The summed E-state index contributed by atoms with van der Waals surface area (Å²) in [5.41, 5.74) is 4.30. The number of ether oxygens (including phenoxy) is 1. The van der Waals surface area contributed by atoms with Crippen LogP contribution < -0.4 is 0 Å². The van der Waals surface area contributed by atoms with Crippen LogP contribution in [0.3, 0.4) is 0 Å². The average molecular weight is 380 g/mol. The second kappa shape index (κ2) is 7.01. The van der Waals surface area contributed by atoms with E-state index in [2.05, 4.69) is 40.5 Å². The Labute approximate surface area is 165 Å². The summed E-state index contributed by atoms with van der Waals surface area (Å²) < 4.78 is 8.08. The van der Waals surface area contributed by atoms with Crippen LogP contribution in [-0.2, 0) is 17.8 Å². The van der Waals surface area contributed by atoms with Crippen LogP contribution in [0, 0.1) is 5.92 Å². The Kier molecular flexibility index (Phi) is 4.48. The van der Waals surface area contributed by atoms with Crippen LogP contribution in [0.2, 0.25) is 0 Å². The minimum absolute atomic E-state index is 0.0189. The van der Waals surface area contributed by atoms with Crippen LogP contribution in [0.1, 0.15) is 38.8 Å². The first-order chi connectivity index (χ1) is 13.6. The number of rotatable bonds is 3. The number of hydrogen-bond acceptors (Lipinski definition) is 4. The Bertz CT molecular complexity index is 939. The van der Waals surface area contributed by atoms with E-state index in [1.54, 1.807) is 0 Å². The Morgan fingerprint density at radius 1 is 1.25 bits per heavy atom. The van der Waals surface area contributed by atoms with Gasteiger partial charge in [0.05, 0.1) is 22.3 Å². The monoisotopic (exact) mass is 379 g/mol. The molecule has 1 N–H and O–H groups in total. The van der Waals surface area contributed by atoms with Gasteiger partial charge in [-0.05, 0) is 57.2 Å². The highest BCUT2D eigenvalue weighted by molar-refractivity contribution is 5.78. The van der Waals surface area contributed by atoms with Crippen LogP contribution in [0.25, 0.3) is 22.6 Å². The number of aromatic amines is 1. The number of imidazole rings is 1. The quantitative estimate of drug-likeness (QED) is 0.751. The molecule has 0 aliphatic carbocycles. The summed E-state index contributed by atoms with van der Waals surface area (Å²) in [7, 11) is 0. The van der Waals surface area contributed by atoms with Crippen molar-refractivity contribution in [3.63, 3.8) is 0 Å². The van der Waals surface area contributed by atoms with Gasteiger partial charge in [-0.3, -0.25) is 9.58 Å². The van der Waals surface area contributed by atoms with Crippen molar-refractivity contribution in [2.24, 2.45) is 5.92 Å². The SMILES string of the molecule is CC1(C)CC(CN2CCCn3nc(-c4nc5ccccc5[nH]4)cc3C2)CCO1. The van der Waals surface area contributed by atoms with Gasteiger partial charge < -0.3 is 9.72 Å². The van der Waals surface area contributed by atoms with Crippen LogP contribution in [0.15, 0.2) is 30.3 Å².